The van der Waals surface area contributed by atoms with Crippen LogP contribution in [0.4, 0.5) is 0 Å². The van der Waals surface area contributed by atoms with Gasteiger partial charge in [-0.05, 0) is 36.4 Å². The third kappa shape index (κ3) is 4.50. The molecule has 0 aliphatic heterocycles. The van der Waals surface area contributed by atoms with Crippen molar-refractivity contribution < 1.29 is 9.59 Å². The van der Waals surface area contributed by atoms with Crippen LogP contribution in [0.25, 0.3) is 10.9 Å². The van der Waals surface area contributed by atoms with E-state index in [2.05, 4.69) is 36.8 Å². The lowest BCUT2D eigenvalue weighted by atomic mass is 10.2. The van der Waals surface area contributed by atoms with Gasteiger partial charge in [-0.3, -0.25) is 9.59 Å². The molecule has 6 nitrogen and oxygen atoms in total. The number of rotatable bonds is 5. The molecule has 3 rings (SSSR count). The van der Waals surface area contributed by atoms with E-state index >= 15 is 0 Å². The number of amides is 2. The van der Waals surface area contributed by atoms with Gasteiger partial charge < -0.3 is 10.3 Å². The first-order chi connectivity index (χ1) is 12.5. The Morgan fingerprint density at radius 2 is 2.08 bits per heavy atom. The molecule has 3 aromatic rings. The molecule has 0 aliphatic rings. The number of aromatic amines is 1. The minimum atomic E-state index is -0.433. The first kappa shape index (κ1) is 18.2. The number of hydrogen-bond donors (Lipinski definition) is 3. The topological polar surface area (TPSA) is 86.3 Å². The van der Waals surface area contributed by atoms with E-state index in [1.165, 1.54) is 6.07 Å². The summed E-state index contributed by atoms with van der Waals surface area (Å²) in [5.74, 6) is -0.814. The maximum Gasteiger partial charge on any atom is 0.259 e. The summed E-state index contributed by atoms with van der Waals surface area (Å²) in [6, 6.07) is 12.3. The average molecular weight is 434 g/mol. The molecule has 0 saturated heterocycles. The molecule has 26 heavy (non-hydrogen) atoms. The zero-order valence-electron chi connectivity index (χ0n) is 13.4. The Morgan fingerprint density at radius 3 is 2.88 bits per heavy atom. The molecule has 0 fully saturated rings. The van der Waals surface area contributed by atoms with Crippen LogP contribution < -0.4 is 10.7 Å². The van der Waals surface area contributed by atoms with Crippen molar-refractivity contribution in [3.63, 3.8) is 0 Å². The molecule has 2 aromatic carbocycles. The largest absolute Gasteiger partial charge is 0.361 e. The molecule has 1 aromatic heterocycles. The van der Waals surface area contributed by atoms with Crippen molar-refractivity contribution in [1.29, 1.82) is 0 Å². The Labute approximate surface area is 162 Å². The molecule has 1 heterocycles. The average Bonchev–Trinajstić information content (AvgIpc) is 3.02. The van der Waals surface area contributed by atoms with Crippen LogP contribution in [-0.4, -0.2) is 29.6 Å². The SMILES string of the molecule is O=C(CNC(=O)c1cccc(Cl)c1)NN=Cc1c[nH]c2ccc(Br)cc12. The van der Waals surface area contributed by atoms with Crippen molar-refractivity contribution in [2.75, 3.05) is 6.54 Å². The van der Waals surface area contributed by atoms with Crippen molar-refractivity contribution in [1.82, 2.24) is 15.7 Å². The highest BCUT2D eigenvalue weighted by atomic mass is 79.9. The van der Waals surface area contributed by atoms with Crippen LogP contribution in [0, 0.1) is 0 Å². The lowest BCUT2D eigenvalue weighted by Gasteiger charge is -2.04. The van der Waals surface area contributed by atoms with E-state index in [1.54, 1.807) is 30.6 Å². The molecule has 0 radical (unpaired) electrons. The predicted octanol–water partition coefficient (Wildman–Crippen LogP) is 3.46. The summed E-state index contributed by atoms with van der Waals surface area (Å²) >= 11 is 9.26. The molecular formula is C18H14BrClN4O2. The van der Waals surface area contributed by atoms with E-state index in [-0.39, 0.29) is 12.5 Å². The van der Waals surface area contributed by atoms with Gasteiger partial charge in [-0.25, -0.2) is 5.43 Å². The maximum absolute atomic E-state index is 11.9. The third-order valence-electron chi connectivity index (χ3n) is 3.56. The van der Waals surface area contributed by atoms with Crippen LogP contribution in [0.15, 0.2) is 58.2 Å². The molecule has 0 spiro atoms. The number of aromatic nitrogens is 1. The van der Waals surface area contributed by atoms with Crippen LogP contribution in [-0.2, 0) is 4.79 Å². The monoisotopic (exact) mass is 432 g/mol. The molecule has 132 valence electrons. The molecule has 8 heteroatoms. The normalized spacial score (nSPS) is 11.0. The molecule has 0 bridgehead atoms. The molecule has 0 atom stereocenters. The van der Waals surface area contributed by atoms with Gasteiger partial charge in [0, 0.05) is 37.7 Å². The number of H-pyrrole nitrogens is 1. The van der Waals surface area contributed by atoms with Gasteiger partial charge in [-0.2, -0.15) is 5.10 Å². The fourth-order valence-corrected chi connectivity index (χ4v) is 2.88. The number of nitrogens with one attached hydrogen (secondary N) is 3. The summed E-state index contributed by atoms with van der Waals surface area (Å²) in [5.41, 5.74) is 4.57. The van der Waals surface area contributed by atoms with E-state index < -0.39 is 5.91 Å². The Morgan fingerprint density at radius 1 is 1.23 bits per heavy atom. The fraction of sp³-hybridized carbons (Fsp3) is 0.0556. The highest BCUT2D eigenvalue weighted by molar-refractivity contribution is 9.10. The second kappa shape index (κ2) is 8.16. The number of nitrogens with zero attached hydrogens (tertiary/aromatic N) is 1. The number of hydrogen-bond acceptors (Lipinski definition) is 3. The molecule has 2 amide bonds. The van der Waals surface area contributed by atoms with E-state index in [9.17, 15) is 9.59 Å². The molecule has 0 saturated carbocycles. The van der Waals surface area contributed by atoms with Gasteiger partial charge in [0.1, 0.15) is 0 Å². The molecule has 0 unspecified atom stereocenters. The smallest absolute Gasteiger partial charge is 0.259 e. The lowest BCUT2D eigenvalue weighted by molar-refractivity contribution is -0.120. The number of halogens is 2. The van der Waals surface area contributed by atoms with E-state index in [0.717, 1.165) is 20.9 Å². The lowest BCUT2D eigenvalue weighted by Crippen LogP contribution is -2.34. The minimum Gasteiger partial charge on any atom is -0.361 e. The number of fused-ring (bicyclic) bond motifs is 1. The van der Waals surface area contributed by atoms with Crippen molar-refractivity contribution in [2.45, 2.75) is 0 Å². The Balaban J connectivity index is 1.54. The Bertz CT molecular complexity index is 1000. The van der Waals surface area contributed by atoms with Crippen LogP contribution in [0.1, 0.15) is 15.9 Å². The summed E-state index contributed by atoms with van der Waals surface area (Å²) in [4.78, 5) is 26.9. The predicted molar refractivity (Wildman–Crippen MR) is 106 cm³/mol. The molecule has 3 N–H and O–H groups in total. The van der Waals surface area contributed by atoms with Gasteiger partial charge in [-0.1, -0.05) is 33.6 Å². The Kier molecular flexibility index (Phi) is 5.70. The summed E-state index contributed by atoms with van der Waals surface area (Å²) in [6.45, 7) is -0.192. The third-order valence-corrected chi connectivity index (χ3v) is 4.29. The van der Waals surface area contributed by atoms with E-state index in [0.29, 0.717) is 10.6 Å². The zero-order valence-corrected chi connectivity index (χ0v) is 15.8. The van der Waals surface area contributed by atoms with Crippen LogP contribution in [0.2, 0.25) is 5.02 Å². The zero-order chi connectivity index (χ0) is 18.5. The van der Waals surface area contributed by atoms with Gasteiger partial charge in [0.05, 0.1) is 12.8 Å². The first-order valence-electron chi connectivity index (χ1n) is 7.65. The quantitative estimate of drug-likeness (QED) is 0.425. The van der Waals surface area contributed by atoms with Crippen LogP contribution in [0.3, 0.4) is 0 Å². The molecular weight excluding hydrogens is 420 g/mol. The summed E-state index contributed by atoms with van der Waals surface area (Å²) in [6.07, 6.45) is 3.34. The Hall–Kier alpha value is -2.64. The minimum absolute atomic E-state index is 0.192. The van der Waals surface area contributed by atoms with E-state index in [1.807, 2.05) is 18.2 Å². The number of hydrazone groups is 1. The molecule has 0 aliphatic carbocycles. The van der Waals surface area contributed by atoms with Crippen molar-refractivity contribution in [2.24, 2.45) is 5.10 Å². The summed E-state index contributed by atoms with van der Waals surface area (Å²) in [7, 11) is 0. The summed E-state index contributed by atoms with van der Waals surface area (Å²) in [5, 5.41) is 7.87. The van der Waals surface area contributed by atoms with Gasteiger partial charge in [0.25, 0.3) is 11.8 Å². The summed E-state index contributed by atoms with van der Waals surface area (Å²) < 4.78 is 0.951. The highest BCUT2D eigenvalue weighted by Gasteiger charge is 2.08. The first-order valence-corrected chi connectivity index (χ1v) is 8.82. The van der Waals surface area contributed by atoms with Crippen molar-refractivity contribution in [3.8, 4) is 0 Å². The van der Waals surface area contributed by atoms with Crippen LogP contribution >= 0.6 is 27.5 Å². The van der Waals surface area contributed by atoms with Crippen molar-refractivity contribution in [3.05, 3.63) is 69.3 Å². The number of benzene rings is 2. The van der Waals surface area contributed by atoms with Gasteiger partial charge in [0.2, 0.25) is 0 Å². The van der Waals surface area contributed by atoms with Gasteiger partial charge in [0.15, 0.2) is 0 Å². The fourth-order valence-electron chi connectivity index (χ4n) is 2.33. The van der Waals surface area contributed by atoms with E-state index in [4.69, 9.17) is 11.6 Å². The number of carbonyl (C=O) groups is 2. The maximum atomic E-state index is 11.9. The van der Waals surface area contributed by atoms with Gasteiger partial charge >= 0.3 is 0 Å². The second-order valence-electron chi connectivity index (χ2n) is 5.42. The standard InChI is InChI=1S/C18H14BrClN4O2/c19-13-4-5-16-15(7-13)12(8-21-16)9-23-24-17(25)10-22-18(26)11-2-1-3-14(20)6-11/h1-9,21H,10H2,(H,22,26)(H,24,25). The second-order valence-corrected chi connectivity index (χ2v) is 6.77. The van der Waals surface area contributed by atoms with Gasteiger partial charge in [-0.15, -0.1) is 0 Å². The van der Waals surface area contributed by atoms with Crippen LogP contribution in [0.5, 0.6) is 0 Å². The highest BCUT2D eigenvalue weighted by Crippen LogP contribution is 2.21. The number of carbonyl (C=O) groups excluding carboxylic acids is 2. The van der Waals surface area contributed by atoms with Crippen molar-refractivity contribution >= 4 is 56.5 Å².